The van der Waals surface area contributed by atoms with Gasteiger partial charge in [-0.1, -0.05) is 19.0 Å². The minimum absolute atomic E-state index is 0.218. The van der Waals surface area contributed by atoms with Crippen molar-refractivity contribution in [3.05, 3.63) is 0 Å². The smallest absolute Gasteiger partial charge is 0.234 e. The highest BCUT2D eigenvalue weighted by Gasteiger charge is 2.22. The van der Waals surface area contributed by atoms with Gasteiger partial charge in [0.1, 0.15) is 5.84 Å². The molecule has 0 fully saturated rings. The number of primary amides is 1. The van der Waals surface area contributed by atoms with Gasteiger partial charge in [-0.3, -0.25) is 4.79 Å². The maximum atomic E-state index is 10.7. The lowest BCUT2D eigenvalue weighted by Crippen LogP contribution is -2.39. The summed E-state index contributed by atoms with van der Waals surface area (Å²) in [6, 6.07) is -0.327. The molecule has 0 bridgehead atoms. The number of nitrogens with one attached hydrogen (secondary N) is 1. The van der Waals surface area contributed by atoms with Crippen molar-refractivity contribution >= 4 is 11.7 Å². The lowest BCUT2D eigenvalue weighted by molar-refractivity contribution is -0.119. The fourth-order valence-corrected chi connectivity index (χ4v) is 1.21. The topological polar surface area (TPSA) is 114 Å². The van der Waals surface area contributed by atoms with E-state index in [-0.39, 0.29) is 23.2 Å². The minimum atomic E-state index is -0.365. The van der Waals surface area contributed by atoms with Crippen LogP contribution >= 0.6 is 0 Å². The third-order valence-electron chi connectivity index (χ3n) is 2.66. The molecule has 16 heavy (non-hydrogen) atoms. The van der Waals surface area contributed by atoms with Gasteiger partial charge in [0.2, 0.25) is 5.91 Å². The molecule has 0 aliphatic carbocycles. The SMILES string of the molecule is CC(NCCCC(C)(C)C(N)=NO)C(N)=O. The van der Waals surface area contributed by atoms with E-state index in [1.165, 1.54) is 0 Å². The molecule has 0 aromatic heterocycles. The standard InChI is InChI=1S/C10H22N4O2/c1-7(8(11)15)13-6-4-5-10(2,3)9(12)14-16/h7,13,16H,4-6H2,1-3H3,(H2,11,15)(H2,12,14). The Morgan fingerprint density at radius 1 is 1.50 bits per heavy atom. The van der Waals surface area contributed by atoms with Gasteiger partial charge in [0.15, 0.2) is 0 Å². The van der Waals surface area contributed by atoms with E-state index in [0.717, 1.165) is 12.8 Å². The van der Waals surface area contributed by atoms with Gasteiger partial charge < -0.3 is 22.0 Å². The number of nitrogens with zero attached hydrogens (tertiary/aromatic N) is 1. The number of amides is 1. The van der Waals surface area contributed by atoms with Crippen LogP contribution in [-0.4, -0.2) is 29.5 Å². The van der Waals surface area contributed by atoms with Crippen molar-refractivity contribution < 1.29 is 10.0 Å². The number of carbonyl (C=O) groups excluding carboxylic acids is 1. The van der Waals surface area contributed by atoms with E-state index in [0.29, 0.717) is 6.54 Å². The quantitative estimate of drug-likeness (QED) is 0.162. The lowest BCUT2D eigenvalue weighted by atomic mass is 9.86. The molecule has 0 aromatic rings. The Kier molecular flexibility index (Phi) is 5.81. The third-order valence-corrected chi connectivity index (χ3v) is 2.66. The number of hydrogen-bond acceptors (Lipinski definition) is 4. The average Bonchev–Trinajstić information content (AvgIpc) is 2.22. The summed E-state index contributed by atoms with van der Waals surface area (Å²) in [6.07, 6.45) is 1.59. The highest BCUT2D eigenvalue weighted by Crippen LogP contribution is 2.21. The van der Waals surface area contributed by atoms with E-state index in [9.17, 15) is 4.79 Å². The maximum Gasteiger partial charge on any atom is 0.234 e. The predicted molar refractivity (Wildman–Crippen MR) is 63.1 cm³/mol. The van der Waals surface area contributed by atoms with Crippen LogP contribution in [0.1, 0.15) is 33.6 Å². The molecule has 0 spiro atoms. The third kappa shape index (κ3) is 4.97. The van der Waals surface area contributed by atoms with E-state index in [1.54, 1.807) is 6.92 Å². The second-order valence-corrected chi connectivity index (χ2v) is 4.55. The van der Waals surface area contributed by atoms with Crippen molar-refractivity contribution in [2.45, 2.75) is 39.7 Å². The van der Waals surface area contributed by atoms with Crippen molar-refractivity contribution in [1.29, 1.82) is 0 Å². The van der Waals surface area contributed by atoms with Gasteiger partial charge in [-0.15, -0.1) is 0 Å². The van der Waals surface area contributed by atoms with Crippen LogP contribution in [0.15, 0.2) is 5.16 Å². The number of amidine groups is 1. The van der Waals surface area contributed by atoms with Crippen LogP contribution in [-0.2, 0) is 4.79 Å². The van der Waals surface area contributed by atoms with Gasteiger partial charge in [0.05, 0.1) is 6.04 Å². The Hall–Kier alpha value is -1.30. The summed E-state index contributed by atoms with van der Waals surface area (Å²) >= 11 is 0. The molecule has 1 unspecified atom stereocenters. The fraction of sp³-hybridized carbons (Fsp3) is 0.800. The summed E-state index contributed by atoms with van der Waals surface area (Å²) < 4.78 is 0. The van der Waals surface area contributed by atoms with Crippen LogP contribution in [0, 0.1) is 5.41 Å². The number of oxime groups is 1. The molecule has 0 saturated carbocycles. The summed E-state index contributed by atoms with van der Waals surface area (Å²) in [5.74, 6) is -0.147. The van der Waals surface area contributed by atoms with E-state index >= 15 is 0 Å². The van der Waals surface area contributed by atoms with Crippen molar-refractivity contribution in [2.75, 3.05) is 6.54 Å². The lowest BCUT2D eigenvalue weighted by Gasteiger charge is -2.22. The van der Waals surface area contributed by atoms with Crippen molar-refractivity contribution in [1.82, 2.24) is 5.32 Å². The Morgan fingerprint density at radius 2 is 2.06 bits per heavy atom. The van der Waals surface area contributed by atoms with Gasteiger partial charge in [-0.25, -0.2) is 0 Å². The summed E-state index contributed by atoms with van der Waals surface area (Å²) in [6.45, 7) is 6.20. The first-order valence-corrected chi connectivity index (χ1v) is 5.32. The van der Waals surface area contributed by atoms with Crippen LogP contribution in [0.25, 0.3) is 0 Å². The normalized spacial score (nSPS) is 14.8. The van der Waals surface area contributed by atoms with Crippen LogP contribution in [0.3, 0.4) is 0 Å². The highest BCUT2D eigenvalue weighted by atomic mass is 16.4. The zero-order valence-electron chi connectivity index (χ0n) is 10.2. The molecule has 0 saturated heterocycles. The first-order valence-electron chi connectivity index (χ1n) is 5.32. The molecule has 1 amide bonds. The summed E-state index contributed by atoms with van der Waals surface area (Å²) in [7, 11) is 0. The van der Waals surface area contributed by atoms with Gasteiger partial charge in [-0.05, 0) is 26.3 Å². The molecule has 0 aliphatic heterocycles. The predicted octanol–water partition coefficient (Wildman–Crippen LogP) is 0.00260. The van der Waals surface area contributed by atoms with Crippen molar-refractivity contribution in [3.63, 3.8) is 0 Å². The van der Waals surface area contributed by atoms with Crippen LogP contribution < -0.4 is 16.8 Å². The molecular formula is C10H22N4O2. The number of rotatable bonds is 7. The van der Waals surface area contributed by atoms with Crippen LogP contribution in [0.4, 0.5) is 0 Å². The first-order chi connectivity index (χ1) is 7.31. The summed E-state index contributed by atoms with van der Waals surface area (Å²) in [4.78, 5) is 10.7. The number of hydrogen-bond donors (Lipinski definition) is 4. The molecule has 0 radical (unpaired) electrons. The molecular weight excluding hydrogens is 208 g/mol. The number of nitrogens with two attached hydrogens (primary N) is 2. The van der Waals surface area contributed by atoms with Gasteiger partial charge in [0, 0.05) is 5.41 Å². The first kappa shape index (κ1) is 14.7. The molecule has 6 heteroatoms. The van der Waals surface area contributed by atoms with Crippen molar-refractivity contribution in [3.8, 4) is 0 Å². The molecule has 0 aromatic carbocycles. The molecule has 6 N–H and O–H groups in total. The molecule has 6 nitrogen and oxygen atoms in total. The second kappa shape index (κ2) is 6.32. The zero-order chi connectivity index (χ0) is 12.8. The van der Waals surface area contributed by atoms with Gasteiger partial charge in [0.25, 0.3) is 0 Å². The van der Waals surface area contributed by atoms with Crippen LogP contribution in [0.5, 0.6) is 0 Å². The monoisotopic (exact) mass is 230 g/mol. The molecule has 94 valence electrons. The minimum Gasteiger partial charge on any atom is -0.409 e. The number of carbonyl (C=O) groups is 1. The van der Waals surface area contributed by atoms with E-state index in [1.807, 2.05) is 13.8 Å². The Bertz CT molecular complexity index is 264. The Labute approximate surface area is 96.1 Å². The van der Waals surface area contributed by atoms with Gasteiger partial charge in [-0.2, -0.15) is 0 Å². The van der Waals surface area contributed by atoms with Crippen LogP contribution in [0.2, 0.25) is 0 Å². The Balaban J connectivity index is 3.87. The largest absolute Gasteiger partial charge is 0.409 e. The molecule has 0 rings (SSSR count). The highest BCUT2D eigenvalue weighted by molar-refractivity contribution is 5.85. The van der Waals surface area contributed by atoms with Crippen molar-refractivity contribution in [2.24, 2.45) is 22.0 Å². The molecule has 0 aliphatic rings. The van der Waals surface area contributed by atoms with E-state index < -0.39 is 0 Å². The summed E-state index contributed by atoms with van der Waals surface area (Å²) in [5.41, 5.74) is 10.3. The maximum absolute atomic E-state index is 10.7. The zero-order valence-corrected chi connectivity index (χ0v) is 10.2. The second-order valence-electron chi connectivity index (χ2n) is 4.55. The Morgan fingerprint density at radius 3 is 2.50 bits per heavy atom. The van der Waals surface area contributed by atoms with E-state index in [2.05, 4.69) is 10.5 Å². The van der Waals surface area contributed by atoms with E-state index in [4.69, 9.17) is 16.7 Å². The van der Waals surface area contributed by atoms with Gasteiger partial charge >= 0.3 is 0 Å². The average molecular weight is 230 g/mol. The fourth-order valence-electron chi connectivity index (χ4n) is 1.21. The summed E-state index contributed by atoms with van der Waals surface area (Å²) in [5, 5.41) is 14.6. The molecule has 1 atom stereocenters. The molecule has 0 heterocycles.